The zero-order valence-corrected chi connectivity index (χ0v) is 14.5. The van der Waals surface area contributed by atoms with Crippen molar-refractivity contribution >= 4 is 31.9 Å². The molecule has 0 saturated carbocycles. The molecule has 0 atom stereocenters. The number of nitrogens with one attached hydrogen (secondary N) is 1. The number of nitrogens with zero attached hydrogens (tertiary/aromatic N) is 1. The van der Waals surface area contributed by atoms with Crippen LogP contribution in [0.4, 0.5) is 0 Å². The van der Waals surface area contributed by atoms with Gasteiger partial charge in [0.2, 0.25) is 15.9 Å². The molecule has 1 amide bonds. The van der Waals surface area contributed by atoms with Gasteiger partial charge in [-0.3, -0.25) is 4.79 Å². The predicted molar refractivity (Wildman–Crippen MR) is 84.4 cm³/mol. The van der Waals surface area contributed by atoms with Crippen molar-refractivity contribution in [3.8, 4) is 0 Å². The van der Waals surface area contributed by atoms with Crippen LogP contribution >= 0.6 is 15.9 Å². The Kier molecular flexibility index (Phi) is 5.06. The molecule has 5 nitrogen and oxygen atoms in total. The van der Waals surface area contributed by atoms with Crippen LogP contribution in [-0.4, -0.2) is 38.8 Å². The largest absolute Gasteiger partial charge is 0.359 e. The molecule has 1 N–H and O–H groups in total. The summed E-state index contributed by atoms with van der Waals surface area (Å²) in [6, 6.07) is 5.25. The summed E-state index contributed by atoms with van der Waals surface area (Å²) in [5.74, 6) is -0.101. The molecule has 1 aromatic carbocycles. The number of sulfonamides is 1. The van der Waals surface area contributed by atoms with E-state index in [1.54, 1.807) is 26.1 Å². The van der Waals surface area contributed by atoms with Crippen molar-refractivity contribution in [2.24, 2.45) is 5.92 Å². The normalized spacial score (nSPS) is 17.7. The van der Waals surface area contributed by atoms with Crippen LogP contribution in [0.25, 0.3) is 0 Å². The summed E-state index contributed by atoms with van der Waals surface area (Å²) < 4.78 is 27.6. The van der Waals surface area contributed by atoms with Crippen molar-refractivity contribution in [3.05, 3.63) is 28.2 Å². The third-order valence-electron chi connectivity index (χ3n) is 3.84. The Morgan fingerprint density at radius 2 is 1.95 bits per heavy atom. The van der Waals surface area contributed by atoms with Gasteiger partial charge >= 0.3 is 0 Å². The van der Waals surface area contributed by atoms with E-state index in [4.69, 9.17) is 0 Å². The van der Waals surface area contributed by atoms with E-state index in [1.165, 1.54) is 4.31 Å². The first-order valence-corrected chi connectivity index (χ1v) is 9.07. The van der Waals surface area contributed by atoms with Gasteiger partial charge in [-0.1, -0.05) is 22.0 Å². The maximum absolute atomic E-state index is 12.7. The minimum Gasteiger partial charge on any atom is -0.359 e. The number of halogens is 1. The molecule has 0 aliphatic carbocycles. The minimum absolute atomic E-state index is 0.00863. The third kappa shape index (κ3) is 3.46. The standard InChI is InChI=1S/C14H19BrN2O3S/c1-10-3-4-12(15)9-13(10)21(19,20)17-7-5-11(6-8-17)14(18)16-2/h3-4,9,11H,5-8H2,1-2H3,(H,16,18). The van der Waals surface area contributed by atoms with Crippen molar-refractivity contribution in [2.75, 3.05) is 20.1 Å². The summed E-state index contributed by atoms with van der Waals surface area (Å²) in [6.45, 7) is 2.55. The molecule has 0 bridgehead atoms. The van der Waals surface area contributed by atoms with E-state index in [0.717, 1.165) is 10.0 Å². The lowest BCUT2D eigenvalue weighted by atomic mass is 9.97. The second-order valence-corrected chi connectivity index (χ2v) is 8.02. The molecule has 116 valence electrons. The Morgan fingerprint density at radius 1 is 1.33 bits per heavy atom. The molecule has 0 aromatic heterocycles. The highest BCUT2D eigenvalue weighted by molar-refractivity contribution is 9.10. The zero-order chi connectivity index (χ0) is 15.6. The van der Waals surface area contributed by atoms with Crippen LogP contribution in [0.5, 0.6) is 0 Å². The van der Waals surface area contributed by atoms with Crippen LogP contribution in [0.3, 0.4) is 0 Å². The van der Waals surface area contributed by atoms with Crippen LogP contribution in [0.15, 0.2) is 27.6 Å². The number of carbonyl (C=O) groups is 1. The number of hydrogen-bond acceptors (Lipinski definition) is 3. The van der Waals surface area contributed by atoms with Gasteiger partial charge in [0.05, 0.1) is 4.90 Å². The zero-order valence-electron chi connectivity index (χ0n) is 12.1. The highest BCUT2D eigenvalue weighted by atomic mass is 79.9. The Morgan fingerprint density at radius 3 is 2.52 bits per heavy atom. The van der Waals surface area contributed by atoms with Gasteiger partial charge in [-0.15, -0.1) is 0 Å². The van der Waals surface area contributed by atoms with Crippen LogP contribution in [0, 0.1) is 12.8 Å². The molecule has 2 rings (SSSR count). The van der Waals surface area contributed by atoms with Gasteiger partial charge in [0.25, 0.3) is 0 Å². The van der Waals surface area contributed by atoms with Crippen LogP contribution in [-0.2, 0) is 14.8 Å². The molecule has 1 aliphatic heterocycles. The number of hydrogen-bond donors (Lipinski definition) is 1. The monoisotopic (exact) mass is 374 g/mol. The molecule has 0 spiro atoms. The van der Waals surface area contributed by atoms with Gasteiger partial charge in [-0.05, 0) is 37.5 Å². The van der Waals surface area contributed by atoms with E-state index < -0.39 is 10.0 Å². The maximum atomic E-state index is 12.7. The average Bonchev–Trinajstić information content (AvgIpc) is 2.49. The van der Waals surface area contributed by atoms with Gasteiger partial charge < -0.3 is 5.32 Å². The number of aryl methyl sites for hydroxylation is 1. The van der Waals surface area contributed by atoms with Gasteiger partial charge in [0.15, 0.2) is 0 Å². The van der Waals surface area contributed by atoms with E-state index in [-0.39, 0.29) is 11.8 Å². The Labute approximate surface area is 133 Å². The first kappa shape index (κ1) is 16.5. The number of piperidine rings is 1. The molecule has 21 heavy (non-hydrogen) atoms. The van der Waals surface area contributed by atoms with Gasteiger partial charge in [-0.25, -0.2) is 8.42 Å². The van der Waals surface area contributed by atoms with Crippen LogP contribution < -0.4 is 5.32 Å². The lowest BCUT2D eigenvalue weighted by molar-refractivity contribution is -0.125. The lowest BCUT2D eigenvalue weighted by Gasteiger charge is -2.30. The molecule has 1 fully saturated rings. The number of rotatable bonds is 3. The van der Waals surface area contributed by atoms with E-state index in [9.17, 15) is 13.2 Å². The van der Waals surface area contributed by atoms with Crippen molar-refractivity contribution in [2.45, 2.75) is 24.7 Å². The minimum atomic E-state index is -3.50. The Balaban J connectivity index is 2.19. The number of carbonyl (C=O) groups excluding carboxylic acids is 1. The Hall–Kier alpha value is -0.920. The van der Waals surface area contributed by atoms with E-state index >= 15 is 0 Å². The SMILES string of the molecule is CNC(=O)C1CCN(S(=O)(=O)c2cc(Br)ccc2C)CC1. The van der Waals surface area contributed by atoms with Crippen molar-refractivity contribution in [3.63, 3.8) is 0 Å². The smallest absolute Gasteiger partial charge is 0.243 e. The first-order valence-electron chi connectivity index (χ1n) is 6.84. The highest BCUT2D eigenvalue weighted by Gasteiger charge is 2.32. The summed E-state index contributed by atoms with van der Waals surface area (Å²) in [7, 11) is -1.89. The fraction of sp³-hybridized carbons (Fsp3) is 0.500. The quantitative estimate of drug-likeness (QED) is 0.878. The van der Waals surface area contributed by atoms with Crippen LogP contribution in [0.1, 0.15) is 18.4 Å². The Bertz CT molecular complexity index is 638. The highest BCUT2D eigenvalue weighted by Crippen LogP contribution is 2.27. The molecule has 1 heterocycles. The topological polar surface area (TPSA) is 66.5 Å². The van der Waals surface area contributed by atoms with Crippen molar-refractivity contribution in [1.29, 1.82) is 0 Å². The van der Waals surface area contributed by atoms with Gasteiger partial charge in [-0.2, -0.15) is 4.31 Å². The molecule has 1 aliphatic rings. The second-order valence-electron chi connectivity index (χ2n) is 5.20. The summed E-state index contributed by atoms with van der Waals surface area (Å²) in [5, 5.41) is 2.62. The molecule has 0 unspecified atom stereocenters. The molecular weight excluding hydrogens is 356 g/mol. The molecule has 0 radical (unpaired) electrons. The van der Waals surface area contributed by atoms with Gasteiger partial charge in [0.1, 0.15) is 0 Å². The van der Waals surface area contributed by atoms with Gasteiger partial charge in [0, 0.05) is 30.5 Å². The van der Waals surface area contributed by atoms with E-state index in [0.29, 0.717) is 30.8 Å². The van der Waals surface area contributed by atoms with Crippen molar-refractivity contribution in [1.82, 2.24) is 9.62 Å². The van der Waals surface area contributed by atoms with Crippen LogP contribution in [0.2, 0.25) is 0 Å². The molecule has 1 aromatic rings. The fourth-order valence-corrected chi connectivity index (χ4v) is 4.79. The first-order chi connectivity index (χ1) is 9.86. The summed E-state index contributed by atoms with van der Waals surface area (Å²) >= 11 is 3.31. The van der Waals surface area contributed by atoms with E-state index in [2.05, 4.69) is 21.2 Å². The third-order valence-corrected chi connectivity index (χ3v) is 6.37. The summed E-state index contributed by atoms with van der Waals surface area (Å²) in [4.78, 5) is 11.9. The summed E-state index contributed by atoms with van der Waals surface area (Å²) in [6.07, 6.45) is 1.12. The molecular formula is C14H19BrN2O3S. The molecule has 7 heteroatoms. The number of amides is 1. The molecule has 1 saturated heterocycles. The van der Waals surface area contributed by atoms with E-state index in [1.807, 2.05) is 6.07 Å². The maximum Gasteiger partial charge on any atom is 0.243 e. The second kappa shape index (κ2) is 6.46. The average molecular weight is 375 g/mol. The predicted octanol–water partition coefficient (Wildman–Crippen LogP) is 1.90. The lowest BCUT2D eigenvalue weighted by Crippen LogP contribution is -2.42. The summed E-state index contributed by atoms with van der Waals surface area (Å²) in [5.41, 5.74) is 0.728. The van der Waals surface area contributed by atoms with Crippen molar-refractivity contribution < 1.29 is 13.2 Å². The number of benzene rings is 1. The fourth-order valence-electron chi connectivity index (χ4n) is 2.55.